The van der Waals surface area contributed by atoms with Crippen LogP contribution < -0.4 is 10.1 Å². The lowest BCUT2D eigenvalue weighted by atomic mass is 9.41. The van der Waals surface area contributed by atoms with E-state index in [1.54, 1.807) is 18.2 Å². The number of ether oxygens (including phenoxy) is 3. The molecule has 11 rings (SSSR count). The van der Waals surface area contributed by atoms with E-state index in [1.807, 2.05) is 61.6 Å². The monoisotopic (exact) mass is 816 g/mol. The summed E-state index contributed by atoms with van der Waals surface area (Å²) in [4.78, 5) is 18.2. The van der Waals surface area contributed by atoms with Crippen molar-refractivity contribution in [2.45, 2.75) is 105 Å². The van der Waals surface area contributed by atoms with Crippen molar-refractivity contribution in [2.75, 3.05) is 13.6 Å². The number of phenolic OH excluding ortho intramolecular Hbond substituents is 1. The predicted octanol–water partition coefficient (Wildman–Crippen LogP) is 4.98. The van der Waals surface area contributed by atoms with E-state index >= 15 is 0 Å². The van der Waals surface area contributed by atoms with Gasteiger partial charge in [-0.2, -0.15) is 0 Å². The number of nitrogens with one attached hydrogen (secondary N) is 2. The van der Waals surface area contributed by atoms with E-state index in [2.05, 4.69) is 16.4 Å². The van der Waals surface area contributed by atoms with Crippen LogP contribution in [0, 0.1) is 23.7 Å². The SMILES string of the molecule is CNCC1CC2C3C4=CC(O)C5(O)OC(C(=O)Oc6c(CO)[nH]c7ccc8cc9ccccc9cc8c67)C(OC2(CC4)C(C2(c4ccc(O)cc4)CCCCC2)C1O)C35O. The highest BCUT2D eigenvalue weighted by Crippen LogP contribution is 2.70. The molecule has 314 valence electrons. The number of aliphatic hydroxyl groups excluding tert-OH is 3. The zero-order valence-electron chi connectivity index (χ0n) is 33.5. The van der Waals surface area contributed by atoms with Crippen molar-refractivity contribution in [2.24, 2.45) is 23.7 Å². The molecule has 11 unspecified atom stereocenters. The smallest absolute Gasteiger partial charge is 0.343 e. The van der Waals surface area contributed by atoms with Crippen molar-refractivity contribution in [3.05, 3.63) is 95.7 Å². The van der Waals surface area contributed by atoms with Gasteiger partial charge in [0.15, 0.2) is 17.5 Å². The van der Waals surface area contributed by atoms with Crippen LogP contribution in [-0.2, 0) is 26.3 Å². The van der Waals surface area contributed by atoms with E-state index in [-0.39, 0.29) is 23.1 Å². The summed E-state index contributed by atoms with van der Waals surface area (Å²) in [5, 5.41) is 78.9. The van der Waals surface area contributed by atoms with Gasteiger partial charge in [0.1, 0.15) is 18.0 Å². The summed E-state index contributed by atoms with van der Waals surface area (Å²) in [5.41, 5.74) is -1.28. The Morgan fingerprint density at radius 2 is 1.68 bits per heavy atom. The van der Waals surface area contributed by atoms with Crippen LogP contribution in [0.5, 0.6) is 11.5 Å². The Morgan fingerprint density at radius 1 is 0.933 bits per heavy atom. The molecule has 12 heteroatoms. The maximum atomic E-state index is 14.9. The molecule has 0 amide bonds. The van der Waals surface area contributed by atoms with E-state index < -0.39 is 77.1 Å². The fraction of sp³-hybridized carbons (Fsp3) is 0.479. The minimum absolute atomic E-state index is 0.0941. The first kappa shape index (κ1) is 38.5. The number of rotatable bonds is 7. The van der Waals surface area contributed by atoms with Gasteiger partial charge < -0.3 is 55.2 Å². The number of phenols is 1. The molecule has 5 fully saturated rings. The number of fused-ring (bicyclic) bond motifs is 4. The molecule has 3 heterocycles. The van der Waals surface area contributed by atoms with Gasteiger partial charge in [0.2, 0.25) is 5.79 Å². The molecule has 1 aromatic heterocycles. The van der Waals surface area contributed by atoms with Gasteiger partial charge in [0.05, 0.1) is 34.9 Å². The highest BCUT2D eigenvalue weighted by molar-refractivity contribution is 6.14. The van der Waals surface area contributed by atoms with Crippen molar-refractivity contribution in [3.8, 4) is 11.5 Å². The van der Waals surface area contributed by atoms with Crippen LogP contribution in [0.15, 0.2) is 84.4 Å². The molecule has 8 N–H and O–H groups in total. The van der Waals surface area contributed by atoms with Crippen molar-refractivity contribution >= 4 is 38.4 Å². The summed E-state index contributed by atoms with van der Waals surface area (Å²) in [7, 11) is 1.86. The molecule has 6 aliphatic rings. The Morgan fingerprint density at radius 3 is 2.42 bits per heavy atom. The predicted molar refractivity (Wildman–Crippen MR) is 222 cm³/mol. The van der Waals surface area contributed by atoms with Gasteiger partial charge in [-0.05, 0) is 108 Å². The number of aromatic hydroxyl groups is 1. The minimum atomic E-state index is -2.63. The quantitative estimate of drug-likeness (QED) is 0.0628. The number of benzene rings is 4. The van der Waals surface area contributed by atoms with Gasteiger partial charge in [0.25, 0.3) is 0 Å². The number of hydrogen-bond acceptors (Lipinski definition) is 11. The first-order valence-electron chi connectivity index (χ1n) is 21.6. The molecule has 3 saturated carbocycles. The van der Waals surface area contributed by atoms with Gasteiger partial charge in [-0.1, -0.05) is 73.4 Å². The summed E-state index contributed by atoms with van der Waals surface area (Å²) < 4.78 is 20.0. The Bertz CT molecular complexity index is 2570. The standard InChI is InChI=1S/C48H52N2O10/c1-49-23-29-21-33-38-28-15-18-46(33,42(39(29)54)45(16-5-2-6-17-45)30-10-12-31(52)13-11-30)60-43-41(59-48(57,36(53)22-28)47(38,43)56)44(55)58-40-35(24-51)50-34-14-9-27-19-25-7-3-4-8-26(25)20-32(27)37(34)40/h3-4,7-14,19-20,22,29,33,36,38-39,41-43,49-54,56-57H,2,5-6,15-18,21,23-24H2,1H3. The van der Waals surface area contributed by atoms with Crippen LogP contribution in [0.25, 0.3) is 32.4 Å². The third-order valence-corrected chi connectivity index (χ3v) is 15.8. The van der Waals surface area contributed by atoms with Crippen LogP contribution >= 0.6 is 0 Å². The Hall–Kier alpha value is -4.37. The number of aromatic amines is 1. The molecule has 0 spiro atoms. The fourth-order valence-electron chi connectivity index (χ4n) is 13.5. The van der Waals surface area contributed by atoms with Crippen LogP contribution in [0.3, 0.4) is 0 Å². The fourth-order valence-corrected chi connectivity index (χ4v) is 13.5. The van der Waals surface area contributed by atoms with Crippen LogP contribution in [0.4, 0.5) is 0 Å². The van der Waals surface area contributed by atoms with Crippen molar-refractivity contribution < 1.29 is 49.6 Å². The number of carbonyl (C=O) groups is 1. The summed E-state index contributed by atoms with van der Waals surface area (Å²) in [5.74, 6) is -5.30. The average molecular weight is 817 g/mol. The number of carbonyl (C=O) groups excluding carboxylic acids is 1. The number of esters is 1. The lowest BCUT2D eigenvalue weighted by Gasteiger charge is -2.70. The Kier molecular flexibility index (Phi) is 8.71. The number of aliphatic hydroxyl groups is 5. The summed E-state index contributed by atoms with van der Waals surface area (Å²) >= 11 is 0. The number of hydrogen-bond donors (Lipinski definition) is 8. The highest BCUT2D eigenvalue weighted by atomic mass is 16.7. The first-order chi connectivity index (χ1) is 29.0. The van der Waals surface area contributed by atoms with Crippen LogP contribution in [0.2, 0.25) is 0 Å². The molecule has 12 nitrogen and oxygen atoms in total. The normalized spacial score (nSPS) is 36.6. The second-order valence-electron chi connectivity index (χ2n) is 18.5. The lowest BCUT2D eigenvalue weighted by molar-refractivity contribution is -0.371. The molecular formula is C48H52N2O10. The van der Waals surface area contributed by atoms with Crippen molar-refractivity contribution in [1.29, 1.82) is 0 Å². The summed E-state index contributed by atoms with van der Waals surface area (Å²) in [6.45, 7) is 0.0292. The molecular weight excluding hydrogens is 765 g/mol. The lowest BCUT2D eigenvalue weighted by Crippen LogP contribution is -2.80. The van der Waals surface area contributed by atoms with E-state index in [4.69, 9.17) is 14.2 Å². The Labute approximate surface area is 346 Å². The molecule has 2 bridgehead atoms. The third kappa shape index (κ3) is 5.04. The van der Waals surface area contributed by atoms with E-state index in [1.165, 1.54) is 0 Å². The van der Waals surface area contributed by atoms with Crippen LogP contribution in [0.1, 0.15) is 62.6 Å². The zero-order chi connectivity index (χ0) is 41.3. The molecule has 0 radical (unpaired) electrons. The summed E-state index contributed by atoms with van der Waals surface area (Å²) in [6.07, 6.45) is 1.63. The van der Waals surface area contributed by atoms with E-state index in [0.29, 0.717) is 36.7 Å². The highest BCUT2D eigenvalue weighted by Gasteiger charge is 2.83. The Balaban J connectivity index is 1.06. The van der Waals surface area contributed by atoms with Gasteiger partial charge in [-0.15, -0.1) is 0 Å². The maximum absolute atomic E-state index is 14.9. The number of H-pyrrole nitrogens is 1. The molecule has 60 heavy (non-hydrogen) atoms. The first-order valence-corrected chi connectivity index (χ1v) is 21.6. The number of aromatic nitrogens is 1. The largest absolute Gasteiger partial charge is 0.508 e. The van der Waals surface area contributed by atoms with E-state index in [0.717, 1.165) is 64.8 Å². The average Bonchev–Trinajstić information content (AvgIpc) is 3.72. The maximum Gasteiger partial charge on any atom is 0.343 e. The second kappa shape index (κ2) is 13.6. The topological polar surface area (TPSA) is 194 Å². The molecule has 5 aromatic rings. The van der Waals surface area contributed by atoms with Crippen molar-refractivity contribution in [3.63, 3.8) is 0 Å². The molecule has 4 aromatic carbocycles. The summed E-state index contributed by atoms with van der Waals surface area (Å²) in [6, 6.07) is 23.2. The van der Waals surface area contributed by atoms with Gasteiger partial charge in [-0.3, -0.25) is 0 Å². The third-order valence-electron chi connectivity index (χ3n) is 15.8. The van der Waals surface area contributed by atoms with Gasteiger partial charge in [0, 0.05) is 23.8 Å². The minimum Gasteiger partial charge on any atom is -0.508 e. The molecule has 2 saturated heterocycles. The van der Waals surface area contributed by atoms with Gasteiger partial charge in [-0.25, -0.2) is 4.79 Å². The van der Waals surface area contributed by atoms with Crippen LogP contribution in [-0.4, -0.2) is 96.6 Å². The van der Waals surface area contributed by atoms with Crippen molar-refractivity contribution in [1.82, 2.24) is 10.3 Å². The molecule has 4 aliphatic carbocycles. The van der Waals surface area contributed by atoms with E-state index in [9.17, 15) is 35.4 Å². The zero-order valence-corrected chi connectivity index (χ0v) is 33.5. The molecule has 2 aliphatic heterocycles. The van der Waals surface area contributed by atoms with Gasteiger partial charge >= 0.3 is 5.97 Å². The molecule has 11 atom stereocenters. The second-order valence-corrected chi connectivity index (χ2v) is 18.5.